The Balaban J connectivity index is 1.33. The van der Waals surface area contributed by atoms with E-state index in [1.165, 1.54) is 0 Å². The molecule has 2 heterocycles. The van der Waals surface area contributed by atoms with Gasteiger partial charge in [0, 0.05) is 45.6 Å². The Bertz CT molecular complexity index is 2410. The number of benzene rings is 5. The van der Waals surface area contributed by atoms with Crippen molar-refractivity contribution in [3.63, 3.8) is 0 Å². The third kappa shape index (κ3) is 5.25. The molecule has 0 aliphatic heterocycles. The van der Waals surface area contributed by atoms with Crippen LogP contribution in [0.15, 0.2) is 140 Å². The van der Waals surface area contributed by atoms with Gasteiger partial charge in [0.25, 0.3) is 0 Å². The highest BCUT2D eigenvalue weighted by Gasteiger charge is 2.37. The zero-order valence-electron chi connectivity index (χ0n) is 27.0. The van der Waals surface area contributed by atoms with E-state index in [0.717, 1.165) is 72.6 Å². The van der Waals surface area contributed by atoms with E-state index < -0.39 is 5.41 Å². The van der Waals surface area contributed by atoms with Gasteiger partial charge in [-0.1, -0.05) is 92.7 Å². The average Bonchev–Trinajstić information content (AvgIpc) is 3.40. The minimum atomic E-state index is -0.390. The van der Waals surface area contributed by atoms with Crippen LogP contribution in [0, 0.1) is 17.9 Å². The van der Waals surface area contributed by atoms with Gasteiger partial charge in [-0.2, -0.15) is 5.26 Å². The molecule has 0 N–H and O–H groups in total. The molecule has 0 unspecified atom stereocenters. The summed E-state index contributed by atoms with van der Waals surface area (Å²) < 4.78 is 0. The predicted octanol–water partition coefficient (Wildman–Crippen LogP) is 10.9. The first-order valence-electron chi connectivity index (χ1n) is 16.1. The van der Waals surface area contributed by atoms with E-state index in [-0.39, 0.29) is 0 Å². The van der Waals surface area contributed by atoms with Gasteiger partial charge < -0.3 is 0 Å². The minimum absolute atomic E-state index is 0.390. The van der Waals surface area contributed by atoms with Gasteiger partial charge in [-0.15, -0.1) is 0 Å². The van der Waals surface area contributed by atoms with E-state index >= 15 is 0 Å². The van der Waals surface area contributed by atoms with Gasteiger partial charge in [-0.25, -0.2) is 14.8 Å². The molecule has 0 atom stereocenters. The molecule has 0 spiro atoms. The fraction of sp³-hybridized carbons (Fsp3) is 0.0682. The Hall–Kier alpha value is -6.69. The molecular formula is C44H29N5. The SMILES string of the molecule is [C-]#[N+]c1cc(C#N)cc2c1-c1ccc(-c3cc(-c4cccnc4)cc(-c4cc(-c5ccccc5)nc(-c5ccccc5)n4)c3)cc1C2(C)C. The molecule has 0 amide bonds. The van der Waals surface area contributed by atoms with Crippen LogP contribution >= 0.6 is 0 Å². The van der Waals surface area contributed by atoms with Crippen LogP contribution in [-0.2, 0) is 5.41 Å². The van der Waals surface area contributed by atoms with E-state index in [1.54, 1.807) is 12.3 Å². The second-order valence-electron chi connectivity index (χ2n) is 12.8. The first kappa shape index (κ1) is 29.7. The Morgan fingerprint density at radius 3 is 1.94 bits per heavy atom. The quantitative estimate of drug-likeness (QED) is 0.178. The van der Waals surface area contributed by atoms with E-state index in [1.807, 2.05) is 66.9 Å². The molecule has 0 saturated carbocycles. The van der Waals surface area contributed by atoms with Gasteiger partial charge in [-0.05, 0) is 87.5 Å². The number of nitrogens with zero attached hydrogens (tertiary/aromatic N) is 5. The summed E-state index contributed by atoms with van der Waals surface area (Å²) in [5.74, 6) is 0.662. The lowest BCUT2D eigenvalue weighted by atomic mass is 9.81. The monoisotopic (exact) mass is 627 g/mol. The van der Waals surface area contributed by atoms with Crippen LogP contribution in [0.3, 0.4) is 0 Å². The maximum atomic E-state index is 9.71. The fourth-order valence-electron chi connectivity index (χ4n) is 6.87. The van der Waals surface area contributed by atoms with E-state index in [0.29, 0.717) is 17.1 Å². The van der Waals surface area contributed by atoms with Gasteiger partial charge in [0.2, 0.25) is 0 Å². The van der Waals surface area contributed by atoms with Crippen LogP contribution < -0.4 is 0 Å². The number of rotatable bonds is 5. The third-order valence-corrected chi connectivity index (χ3v) is 9.39. The van der Waals surface area contributed by atoms with Crippen LogP contribution in [0.4, 0.5) is 5.69 Å². The second kappa shape index (κ2) is 11.8. The summed E-state index contributed by atoms with van der Waals surface area (Å²) in [5, 5.41) is 9.71. The van der Waals surface area contributed by atoms with Crippen LogP contribution in [0.25, 0.3) is 72.1 Å². The molecule has 0 saturated heterocycles. The molecule has 2 aromatic heterocycles. The van der Waals surface area contributed by atoms with Crippen LogP contribution in [0.5, 0.6) is 0 Å². The normalized spacial score (nSPS) is 12.4. The average molecular weight is 628 g/mol. The molecule has 1 aliphatic rings. The molecule has 5 aromatic carbocycles. The van der Waals surface area contributed by atoms with Gasteiger partial charge in [0.1, 0.15) is 0 Å². The molecule has 230 valence electrons. The maximum Gasteiger partial charge on any atom is 0.196 e. The third-order valence-electron chi connectivity index (χ3n) is 9.39. The van der Waals surface area contributed by atoms with Gasteiger partial charge in [0.05, 0.1) is 24.0 Å². The summed E-state index contributed by atoms with van der Waals surface area (Å²) in [7, 11) is 0. The van der Waals surface area contributed by atoms with Gasteiger partial charge >= 0.3 is 0 Å². The highest BCUT2D eigenvalue weighted by atomic mass is 14.9. The standard InChI is InChI=1S/C44H29N5/c1-44(2)37-24-31(16-17-36(37)42-38(44)19-28(26-45)20-41(42)46-3)33-21-34(32-15-10-18-47-27-32)23-35(22-33)40-25-39(29-11-6-4-7-12-29)48-43(49-40)30-13-8-5-9-14-30/h4-25,27H,1-2H3. The summed E-state index contributed by atoms with van der Waals surface area (Å²) in [6.45, 7) is 12.2. The highest BCUT2D eigenvalue weighted by molar-refractivity contribution is 5.93. The van der Waals surface area contributed by atoms with Crippen molar-refractivity contribution in [1.29, 1.82) is 5.26 Å². The molecular weight excluding hydrogens is 599 g/mol. The lowest BCUT2D eigenvalue weighted by Crippen LogP contribution is -2.15. The number of hydrogen-bond donors (Lipinski definition) is 0. The van der Waals surface area contributed by atoms with Crippen molar-refractivity contribution >= 4 is 5.69 Å². The molecule has 0 radical (unpaired) electrons. The molecule has 7 aromatic rings. The zero-order valence-corrected chi connectivity index (χ0v) is 27.0. The van der Waals surface area contributed by atoms with Crippen LogP contribution in [-0.4, -0.2) is 15.0 Å². The Labute approximate surface area is 285 Å². The van der Waals surface area contributed by atoms with Crippen molar-refractivity contribution < 1.29 is 0 Å². The molecule has 1 aliphatic carbocycles. The maximum absolute atomic E-state index is 9.71. The molecule has 0 bridgehead atoms. The van der Waals surface area contributed by atoms with Gasteiger partial charge in [-0.3, -0.25) is 4.98 Å². The first-order chi connectivity index (χ1) is 23.9. The highest BCUT2D eigenvalue weighted by Crippen LogP contribution is 2.53. The Morgan fingerprint density at radius 1 is 0.612 bits per heavy atom. The number of fused-ring (bicyclic) bond motifs is 3. The van der Waals surface area contributed by atoms with Crippen LogP contribution in [0.2, 0.25) is 0 Å². The van der Waals surface area contributed by atoms with Crippen LogP contribution in [0.1, 0.15) is 30.5 Å². The van der Waals surface area contributed by atoms with Crippen molar-refractivity contribution in [3.05, 3.63) is 168 Å². The fourth-order valence-corrected chi connectivity index (χ4v) is 6.87. The number of nitriles is 1. The predicted molar refractivity (Wildman–Crippen MR) is 196 cm³/mol. The van der Waals surface area contributed by atoms with Crippen molar-refractivity contribution in [3.8, 4) is 73.4 Å². The summed E-state index contributed by atoms with van der Waals surface area (Å²) in [4.78, 5) is 18.4. The summed E-state index contributed by atoms with van der Waals surface area (Å²) in [6.07, 6.45) is 3.67. The lowest BCUT2D eigenvalue weighted by Gasteiger charge is -2.22. The van der Waals surface area contributed by atoms with Crippen molar-refractivity contribution in [2.75, 3.05) is 0 Å². The summed E-state index contributed by atoms with van der Waals surface area (Å²) in [6, 6.07) is 45.3. The van der Waals surface area contributed by atoms with Crippen molar-refractivity contribution in [2.24, 2.45) is 0 Å². The number of hydrogen-bond acceptors (Lipinski definition) is 4. The molecule has 5 heteroatoms. The summed E-state index contributed by atoms with van der Waals surface area (Å²) in [5.41, 5.74) is 13.5. The van der Waals surface area contributed by atoms with E-state index in [4.69, 9.17) is 16.5 Å². The lowest BCUT2D eigenvalue weighted by molar-refractivity contribution is 0.660. The van der Waals surface area contributed by atoms with Gasteiger partial charge in [0.15, 0.2) is 11.5 Å². The number of aromatic nitrogens is 3. The van der Waals surface area contributed by atoms with Crippen molar-refractivity contribution in [1.82, 2.24) is 15.0 Å². The topological polar surface area (TPSA) is 66.8 Å². The Morgan fingerprint density at radius 2 is 1.27 bits per heavy atom. The minimum Gasteiger partial charge on any atom is -0.264 e. The van der Waals surface area contributed by atoms with Crippen molar-refractivity contribution in [2.45, 2.75) is 19.3 Å². The molecule has 0 fully saturated rings. The number of pyridine rings is 1. The van der Waals surface area contributed by atoms with E-state index in [9.17, 15) is 5.26 Å². The zero-order chi connectivity index (χ0) is 33.5. The molecule has 8 rings (SSSR count). The molecule has 49 heavy (non-hydrogen) atoms. The Kier molecular flexibility index (Phi) is 7.17. The largest absolute Gasteiger partial charge is 0.264 e. The second-order valence-corrected chi connectivity index (χ2v) is 12.8. The summed E-state index contributed by atoms with van der Waals surface area (Å²) >= 11 is 0. The first-order valence-corrected chi connectivity index (χ1v) is 16.1. The molecule has 5 nitrogen and oxygen atoms in total. The smallest absolute Gasteiger partial charge is 0.196 e. The van der Waals surface area contributed by atoms with E-state index in [2.05, 4.69) is 90.4 Å².